The van der Waals surface area contributed by atoms with Gasteiger partial charge in [0.1, 0.15) is 18.2 Å². The number of aliphatic carboxylic acids is 1. The van der Waals surface area contributed by atoms with Gasteiger partial charge in [0.2, 0.25) is 0 Å². The number of hydrogen-bond donors (Lipinski definition) is 4. The van der Waals surface area contributed by atoms with Gasteiger partial charge in [-0.3, -0.25) is 10.3 Å². The third-order valence-corrected chi connectivity index (χ3v) is 8.02. The van der Waals surface area contributed by atoms with Crippen molar-refractivity contribution in [1.29, 1.82) is 0 Å². The number of nitrogens with zero attached hydrogens (tertiary/aromatic N) is 1. The van der Waals surface area contributed by atoms with Gasteiger partial charge >= 0.3 is 18.0 Å². The van der Waals surface area contributed by atoms with Gasteiger partial charge in [0.05, 0.1) is 24.4 Å². The summed E-state index contributed by atoms with van der Waals surface area (Å²) in [5.74, 6) is -0.878. The first kappa shape index (κ1) is 37.6. The summed E-state index contributed by atoms with van der Waals surface area (Å²) in [5, 5.41) is 25.5. The first-order chi connectivity index (χ1) is 21.6. The second-order valence-electron chi connectivity index (χ2n) is 11.8. The number of aliphatic hydroxyl groups is 1. The smallest absolute Gasteiger partial charge is 0.407 e. The zero-order valence-corrected chi connectivity index (χ0v) is 27.4. The molecule has 11 nitrogen and oxygen atoms in total. The molecule has 0 saturated carbocycles. The van der Waals surface area contributed by atoms with Crippen LogP contribution < -0.4 is 21.5 Å². The van der Waals surface area contributed by atoms with E-state index in [4.69, 9.17) is 25.1 Å². The summed E-state index contributed by atoms with van der Waals surface area (Å²) in [4.78, 5) is 33.8. The zero-order chi connectivity index (χ0) is 33.0. The van der Waals surface area contributed by atoms with E-state index in [1.807, 2.05) is 37.3 Å². The van der Waals surface area contributed by atoms with Gasteiger partial charge in [-0.25, -0.2) is 14.9 Å². The van der Waals surface area contributed by atoms with E-state index in [-0.39, 0.29) is 37.4 Å². The van der Waals surface area contributed by atoms with Gasteiger partial charge in [-0.05, 0) is 51.5 Å². The molecule has 0 radical (unpaired) electrons. The van der Waals surface area contributed by atoms with Gasteiger partial charge in [-0.15, -0.1) is 0 Å². The molecule has 0 aliphatic carbocycles. The second-order valence-corrected chi connectivity index (χ2v) is 11.8. The van der Waals surface area contributed by atoms with E-state index in [9.17, 15) is 14.7 Å². The topological polar surface area (TPSA) is 166 Å². The lowest BCUT2D eigenvalue weighted by molar-refractivity contribution is -0.576. The third-order valence-electron chi connectivity index (χ3n) is 8.02. The maximum Gasteiger partial charge on any atom is 0.407 e. The standard InChI is InChI=1S/C32H50N4O5.C2H4O2/c1-3-4-5-6-7-8-12-17-27(37)22-26-18-19-28-29(24(2)35-31(33)36(26)28)30(38)40-21-14-13-20-34-32(39)41-23-25-15-10-9-11-16-25;1-2(3)4/h9-11,15-16,26-28,37H,3-8,12-14,17-23H2,1-2H3,(H3,33,34,35,38,39);1H3,(H,3,4)/t26-,27-,28-;/m0./s1. The summed E-state index contributed by atoms with van der Waals surface area (Å²) in [7, 11) is 0. The van der Waals surface area contributed by atoms with E-state index in [1.54, 1.807) is 0 Å². The zero-order valence-electron chi connectivity index (χ0n) is 27.4. The summed E-state index contributed by atoms with van der Waals surface area (Å²) in [6, 6.07) is 9.47. The molecule has 1 amide bonds. The van der Waals surface area contributed by atoms with Crippen LogP contribution in [0, 0.1) is 0 Å². The number of hydrogen-bond acceptors (Lipinski definition) is 9. The number of carboxylic acids is 1. The van der Waals surface area contributed by atoms with Crippen molar-refractivity contribution in [3.63, 3.8) is 0 Å². The van der Waals surface area contributed by atoms with Crippen molar-refractivity contribution in [2.75, 3.05) is 13.2 Å². The molecular weight excluding hydrogens is 576 g/mol. The lowest BCUT2D eigenvalue weighted by atomic mass is 10.0. The van der Waals surface area contributed by atoms with Gasteiger partial charge in [-0.2, -0.15) is 0 Å². The molecule has 11 heteroatoms. The molecule has 2 aliphatic heterocycles. The predicted molar refractivity (Wildman–Crippen MR) is 171 cm³/mol. The highest BCUT2D eigenvalue weighted by Crippen LogP contribution is 2.32. The SMILES string of the molecule is CC(=O)[O-].CCCCCCCCC[C@H](O)C[C@@H]1CC[C@H]2C(C(=O)OCCCCNC(=O)OCc3ccccc3)=C(C)NC(N)=[N+]12. The van der Waals surface area contributed by atoms with Gasteiger partial charge < -0.3 is 29.8 Å². The molecule has 5 N–H and O–H groups in total. The Morgan fingerprint density at radius 1 is 1.04 bits per heavy atom. The normalized spacial score (nSPS) is 17.9. The van der Waals surface area contributed by atoms with Crippen molar-refractivity contribution in [3.8, 4) is 0 Å². The first-order valence-corrected chi connectivity index (χ1v) is 16.5. The van der Waals surface area contributed by atoms with E-state index in [1.165, 1.54) is 38.5 Å². The lowest BCUT2D eigenvalue weighted by Crippen LogP contribution is -2.51. The van der Waals surface area contributed by atoms with Crippen LogP contribution in [-0.2, 0) is 25.7 Å². The first-order valence-electron chi connectivity index (χ1n) is 16.5. The molecule has 0 spiro atoms. The largest absolute Gasteiger partial charge is 0.550 e. The highest BCUT2D eigenvalue weighted by molar-refractivity contribution is 5.92. The molecule has 2 heterocycles. The van der Waals surface area contributed by atoms with Crippen LogP contribution in [0.25, 0.3) is 0 Å². The van der Waals surface area contributed by atoms with Crippen LogP contribution in [0.3, 0.4) is 0 Å². The molecule has 3 rings (SSSR count). The number of allylic oxidation sites excluding steroid dienone is 1. The molecule has 252 valence electrons. The van der Waals surface area contributed by atoms with Gasteiger partial charge in [-0.1, -0.05) is 82.2 Å². The van der Waals surface area contributed by atoms with Crippen molar-refractivity contribution >= 4 is 24.0 Å². The average molecular weight is 631 g/mol. The highest BCUT2D eigenvalue weighted by Gasteiger charge is 2.44. The molecule has 1 saturated heterocycles. The Morgan fingerprint density at radius 2 is 1.71 bits per heavy atom. The number of aliphatic hydroxyl groups excluding tert-OH is 1. The van der Waals surface area contributed by atoms with E-state index in [0.29, 0.717) is 37.3 Å². The van der Waals surface area contributed by atoms with Gasteiger partial charge in [0.15, 0.2) is 0 Å². The number of unbranched alkanes of at least 4 members (excludes halogenated alkanes) is 7. The molecule has 2 aliphatic rings. The number of fused-ring (bicyclic) bond motifs is 1. The second kappa shape index (κ2) is 21.2. The van der Waals surface area contributed by atoms with Gasteiger partial charge in [0.25, 0.3) is 0 Å². The monoisotopic (exact) mass is 630 g/mol. The van der Waals surface area contributed by atoms with Crippen molar-refractivity contribution in [1.82, 2.24) is 10.6 Å². The summed E-state index contributed by atoms with van der Waals surface area (Å²) >= 11 is 0. The van der Waals surface area contributed by atoms with Crippen molar-refractivity contribution in [2.45, 2.75) is 129 Å². The average Bonchev–Trinajstić information content (AvgIpc) is 3.41. The highest BCUT2D eigenvalue weighted by atomic mass is 16.5. The van der Waals surface area contributed by atoms with Crippen LogP contribution in [0.1, 0.15) is 110 Å². The number of esters is 1. The number of carboxylic acid groups (broad SMARTS) is 1. The number of ether oxygens (including phenoxy) is 2. The summed E-state index contributed by atoms with van der Waals surface area (Å²) in [6.07, 6.45) is 12.2. The molecule has 1 aromatic carbocycles. The minimum Gasteiger partial charge on any atom is -0.550 e. The minimum absolute atomic E-state index is 0.0932. The molecule has 45 heavy (non-hydrogen) atoms. The number of rotatable bonds is 18. The fourth-order valence-electron chi connectivity index (χ4n) is 5.83. The molecular formula is C34H54N4O7. The Kier molecular flexibility index (Phi) is 17.7. The van der Waals surface area contributed by atoms with Gasteiger partial charge in [0, 0.05) is 18.9 Å². The van der Waals surface area contributed by atoms with Crippen molar-refractivity contribution in [2.24, 2.45) is 5.73 Å². The van der Waals surface area contributed by atoms with E-state index in [0.717, 1.165) is 43.9 Å². The number of carbonyl (C=O) groups excluding carboxylic acids is 3. The maximum absolute atomic E-state index is 13.1. The van der Waals surface area contributed by atoms with Crippen LogP contribution in [0.15, 0.2) is 41.6 Å². The van der Waals surface area contributed by atoms with E-state index < -0.39 is 12.1 Å². The Balaban J connectivity index is 0.00000166. The van der Waals surface area contributed by atoms with Crippen molar-refractivity contribution < 1.29 is 38.6 Å². The van der Waals surface area contributed by atoms with Crippen molar-refractivity contribution in [3.05, 3.63) is 47.2 Å². The Hall–Kier alpha value is -3.60. The fraction of sp³-hybridized carbons (Fsp3) is 0.647. The van der Waals surface area contributed by atoms with Crippen LogP contribution in [0.4, 0.5) is 4.79 Å². The number of amides is 1. The number of alkyl carbamates (subject to hydrolysis) is 1. The predicted octanol–water partition coefficient (Wildman–Crippen LogP) is 3.62. The number of nitrogens with one attached hydrogen (secondary N) is 2. The van der Waals surface area contributed by atoms with E-state index >= 15 is 0 Å². The number of carbonyl (C=O) groups is 3. The molecule has 0 aromatic heterocycles. The van der Waals surface area contributed by atoms with Crippen LogP contribution in [0.5, 0.6) is 0 Å². The molecule has 3 atom stereocenters. The molecule has 1 fully saturated rings. The van der Waals surface area contributed by atoms with Crippen LogP contribution in [0.2, 0.25) is 0 Å². The third kappa shape index (κ3) is 14.4. The Bertz CT molecular complexity index is 1120. The van der Waals surface area contributed by atoms with Crippen LogP contribution in [-0.4, -0.2) is 65.0 Å². The Labute approximate surface area is 268 Å². The number of nitrogens with two attached hydrogens (primary N) is 1. The molecule has 0 unspecified atom stereocenters. The number of benzene rings is 1. The fourth-order valence-corrected chi connectivity index (χ4v) is 5.83. The molecule has 0 bridgehead atoms. The number of guanidine groups is 1. The lowest BCUT2D eigenvalue weighted by Gasteiger charge is -2.26. The summed E-state index contributed by atoms with van der Waals surface area (Å²) < 4.78 is 12.9. The quantitative estimate of drug-likeness (QED) is 0.108. The van der Waals surface area contributed by atoms with Crippen LogP contribution >= 0.6 is 0 Å². The summed E-state index contributed by atoms with van der Waals surface area (Å²) in [6.45, 7) is 5.99. The maximum atomic E-state index is 13.1. The minimum atomic E-state index is -1.08. The van der Waals surface area contributed by atoms with E-state index in [2.05, 4.69) is 22.1 Å². The Morgan fingerprint density at radius 3 is 2.40 bits per heavy atom. The summed E-state index contributed by atoms with van der Waals surface area (Å²) in [5.41, 5.74) is 8.64. The molecule has 1 aromatic rings.